The Labute approximate surface area is 86.9 Å². The number of esters is 1. The number of carboxylic acid groups (broad SMARTS) is 1. The maximum absolute atomic E-state index is 11.4. The van der Waals surface area contributed by atoms with Crippen molar-refractivity contribution in [2.75, 3.05) is 6.61 Å². The largest absolute Gasteiger partial charge is 0.480 e. The van der Waals surface area contributed by atoms with Gasteiger partial charge in [-0.15, -0.1) is 0 Å². The summed E-state index contributed by atoms with van der Waals surface area (Å²) in [6.07, 6.45) is 0. The predicted molar refractivity (Wildman–Crippen MR) is 50.7 cm³/mol. The number of carbonyl (C=O) groups is 2. The molecule has 15 heavy (non-hydrogen) atoms. The van der Waals surface area contributed by atoms with Gasteiger partial charge in [-0.05, 0) is 20.8 Å². The third-order valence-corrected chi connectivity index (χ3v) is 1.51. The third kappa shape index (κ3) is 3.23. The number of hydrogen-bond donors (Lipinski definition) is 1. The molecule has 0 aromatic heterocycles. The molecule has 0 bridgehead atoms. The minimum absolute atomic E-state index is 0.121. The molecule has 0 aliphatic carbocycles. The van der Waals surface area contributed by atoms with Crippen molar-refractivity contribution in [3.8, 4) is 0 Å². The molecular weight excluding hydrogens is 202 g/mol. The molecule has 1 N–H and O–H groups in total. The average molecular weight is 215 g/mol. The minimum atomic E-state index is -1.12. The highest BCUT2D eigenvalue weighted by atomic mass is 16.6. The van der Waals surface area contributed by atoms with Gasteiger partial charge in [0.05, 0.1) is 0 Å². The first-order valence-electron chi connectivity index (χ1n) is 4.46. The highest BCUT2D eigenvalue weighted by molar-refractivity contribution is 6.33. The Bertz CT molecular complexity index is 315. The second-order valence-electron chi connectivity index (χ2n) is 4.10. The first-order valence-corrected chi connectivity index (χ1v) is 4.46. The van der Waals surface area contributed by atoms with Crippen molar-refractivity contribution in [3.05, 3.63) is 0 Å². The quantitative estimate of drug-likeness (QED) is 0.665. The number of ether oxygens (including phenoxy) is 2. The lowest BCUT2D eigenvalue weighted by Gasteiger charge is -2.18. The first-order chi connectivity index (χ1) is 6.79. The summed E-state index contributed by atoms with van der Waals surface area (Å²) in [4.78, 5) is 25.5. The lowest BCUT2D eigenvalue weighted by molar-refractivity contribution is -0.147. The van der Waals surface area contributed by atoms with Crippen LogP contribution in [0.2, 0.25) is 0 Å². The van der Waals surface area contributed by atoms with E-state index in [9.17, 15) is 9.59 Å². The van der Waals surface area contributed by atoms with E-state index in [0.29, 0.717) is 0 Å². The molecule has 1 aliphatic rings. The van der Waals surface area contributed by atoms with Crippen LogP contribution in [0, 0.1) is 0 Å². The molecule has 0 radical (unpaired) electrons. The fraction of sp³-hybridized carbons (Fsp3) is 0.667. The number of nitrogens with zero attached hydrogens (tertiary/aromatic N) is 1. The molecule has 0 saturated heterocycles. The number of aliphatic imine (C=N–C) groups is 1. The van der Waals surface area contributed by atoms with E-state index in [4.69, 9.17) is 14.6 Å². The van der Waals surface area contributed by atoms with Crippen molar-refractivity contribution in [2.45, 2.75) is 32.4 Å². The summed E-state index contributed by atoms with van der Waals surface area (Å²) in [5, 5.41) is 8.61. The maximum atomic E-state index is 11.4. The third-order valence-electron chi connectivity index (χ3n) is 1.51. The van der Waals surface area contributed by atoms with Crippen molar-refractivity contribution in [1.82, 2.24) is 0 Å². The fourth-order valence-corrected chi connectivity index (χ4v) is 0.934. The van der Waals surface area contributed by atoms with Crippen molar-refractivity contribution >= 4 is 17.8 Å². The second-order valence-corrected chi connectivity index (χ2v) is 4.10. The van der Waals surface area contributed by atoms with E-state index in [0.717, 1.165) is 0 Å². The van der Waals surface area contributed by atoms with Gasteiger partial charge in [-0.1, -0.05) is 0 Å². The molecule has 1 atom stereocenters. The van der Waals surface area contributed by atoms with Gasteiger partial charge in [-0.3, -0.25) is 0 Å². The molecule has 0 spiro atoms. The van der Waals surface area contributed by atoms with E-state index in [-0.39, 0.29) is 12.5 Å². The molecule has 84 valence electrons. The number of aliphatic carboxylic acids is 1. The number of hydrogen-bond acceptors (Lipinski definition) is 5. The molecule has 0 amide bonds. The Morgan fingerprint density at radius 1 is 1.53 bits per heavy atom. The van der Waals surface area contributed by atoms with Crippen LogP contribution in [0.15, 0.2) is 4.99 Å². The molecule has 0 fully saturated rings. The van der Waals surface area contributed by atoms with Gasteiger partial charge in [0.25, 0.3) is 5.90 Å². The minimum Gasteiger partial charge on any atom is -0.480 e. The lowest BCUT2D eigenvalue weighted by Crippen LogP contribution is -2.29. The van der Waals surface area contributed by atoms with Crippen LogP contribution < -0.4 is 0 Å². The smallest absolute Gasteiger partial charge is 0.394 e. The average Bonchev–Trinajstić information content (AvgIpc) is 2.47. The van der Waals surface area contributed by atoms with Crippen LogP contribution in [0.5, 0.6) is 0 Å². The molecule has 0 saturated carbocycles. The molecule has 0 unspecified atom stereocenters. The molecular formula is C9H13NO5. The van der Waals surface area contributed by atoms with Crippen LogP contribution >= 0.6 is 0 Å². The lowest BCUT2D eigenvalue weighted by atomic mass is 10.2. The zero-order chi connectivity index (χ0) is 11.6. The van der Waals surface area contributed by atoms with Crippen LogP contribution in [0.4, 0.5) is 0 Å². The molecule has 0 aromatic carbocycles. The van der Waals surface area contributed by atoms with Crippen LogP contribution in [-0.4, -0.2) is 41.2 Å². The Balaban J connectivity index is 2.63. The summed E-state index contributed by atoms with van der Waals surface area (Å²) >= 11 is 0. The van der Waals surface area contributed by atoms with E-state index in [2.05, 4.69) is 4.99 Å². The van der Waals surface area contributed by atoms with E-state index < -0.39 is 23.6 Å². The highest BCUT2D eigenvalue weighted by Crippen LogP contribution is 2.11. The first kappa shape index (κ1) is 11.5. The van der Waals surface area contributed by atoms with E-state index in [1.54, 1.807) is 20.8 Å². The van der Waals surface area contributed by atoms with E-state index in [1.165, 1.54) is 0 Å². The number of carbonyl (C=O) groups excluding carboxylic acids is 1. The van der Waals surface area contributed by atoms with Gasteiger partial charge in [-0.25, -0.2) is 14.6 Å². The zero-order valence-corrected chi connectivity index (χ0v) is 8.81. The molecule has 6 heteroatoms. The summed E-state index contributed by atoms with van der Waals surface area (Å²) in [6, 6.07) is -1.01. The van der Waals surface area contributed by atoms with Crippen molar-refractivity contribution in [2.24, 2.45) is 4.99 Å². The van der Waals surface area contributed by atoms with Crippen LogP contribution in [-0.2, 0) is 19.1 Å². The SMILES string of the molecule is CC(C)(C)OC(=O)C1=N[C@H](C(=O)O)CO1. The summed E-state index contributed by atoms with van der Waals surface area (Å²) in [6.45, 7) is 4.99. The van der Waals surface area contributed by atoms with Crippen LogP contribution in [0.25, 0.3) is 0 Å². The highest BCUT2D eigenvalue weighted by Gasteiger charge is 2.31. The van der Waals surface area contributed by atoms with Crippen molar-refractivity contribution < 1.29 is 24.2 Å². The fourth-order valence-electron chi connectivity index (χ4n) is 0.934. The Hall–Kier alpha value is -1.59. The van der Waals surface area contributed by atoms with Crippen molar-refractivity contribution in [1.29, 1.82) is 0 Å². The van der Waals surface area contributed by atoms with Crippen molar-refractivity contribution in [3.63, 3.8) is 0 Å². The van der Waals surface area contributed by atoms with Gasteiger partial charge in [0.15, 0.2) is 6.04 Å². The number of carboxylic acids is 1. The maximum Gasteiger partial charge on any atom is 0.394 e. The molecule has 1 rings (SSSR count). The predicted octanol–water partition coefficient (Wildman–Crippen LogP) is 0.210. The molecule has 1 aliphatic heterocycles. The van der Waals surface area contributed by atoms with Crippen LogP contribution in [0.1, 0.15) is 20.8 Å². The van der Waals surface area contributed by atoms with E-state index in [1.807, 2.05) is 0 Å². The number of rotatable bonds is 2. The summed E-state index contributed by atoms with van der Waals surface area (Å²) in [5.41, 5.74) is -0.649. The van der Waals surface area contributed by atoms with Gasteiger partial charge >= 0.3 is 11.9 Å². The zero-order valence-electron chi connectivity index (χ0n) is 8.81. The second kappa shape index (κ2) is 3.88. The van der Waals surface area contributed by atoms with Gasteiger partial charge in [0.1, 0.15) is 12.2 Å². The summed E-state index contributed by atoms with van der Waals surface area (Å²) < 4.78 is 9.79. The molecule has 0 aromatic rings. The van der Waals surface area contributed by atoms with Gasteiger partial charge in [0, 0.05) is 0 Å². The Morgan fingerprint density at radius 2 is 2.13 bits per heavy atom. The van der Waals surface area contributed by atoms with Gasteiger partial charge < -0.3 is 14.6 Å². The Morgan fingerprint density at radius 3 is 2.53 bits per heavy atom. The Kier molecular flexibility index (Phi) is 2.97. The molecule has 6 nitrogen and oxygen atoms in total. The molecule has 1 heterocycles. The summed E-state index contributed by atoms with van der Waals surface area (Å²) in [5.74, 6) is -2.11. The normalized spacial score (nSPS) is 20.5. The van der Waals surface area contributed by atoms with E-state index >= 15 is 0 Å². The monoisotopic (exact) mass is 215 g/mol. The standard InChI is InChI=1S/C9H13NO5/c1-9(2,3)15-8(13)6-10-5(4-14-6)7(11)12/h5H,4H2,1-3H3,(H,11,12)/t5-/m0/s1. The topological polar surface area (TPSA) is 85.2 Å². The summed E-state index contributed by atoms with van der Waals surface area (Å²) in [7, 11) is 0. The van der Waals surface area contributed by atoms with Gasteiger partial charge in [0.2, 0.25) is 0 Å². The van der Waals surface area contributed by atoms with Crippen LogP contribution in [0.3, 0.4) is 0 Å². The van der Waals surface area contributed by atoms with Gasteiger partial charge in [-0.2, -0.15) is 0 Å².